The van der Waals surface area contributed by atoms with Gasteiger partial charge >= 0.3 is 6.09 Å². The molecule has 4 nitrogen and oxygen atoms in total. The number of carbonyl (C=O) groups excluding carboxylic acids is 1. The Balaban J connectivity index is 1.79. The van der Waals surface area contributed by atoms with Gasteiger partial charge in [0.2, 0.25) is 0 Å². The van der Waals surface area contributed by atoms with Gasteiger partial charge in [0.1, 0.15) is 6.61 Å². The van der Waals surface area contributed by atoms with Gasteiger partial charge in [-0.2, -0.15) is 0 Å². The zero-order chi connectivity index (χ0) is 12.1. The second-order valence-corrected chi connectivity index (χ2v) is 4.18. The lowest BCUT2D eigenvalue weighted by molar-refractivity contribution is -0.0566. The van der Waals surface area contributed by atoms with Crippen molar-refractivity contribution in [2.24, 2.45) is 5.92 Å². The quantitative estimate of drug-likeness (QED) is 0.872. The Kier molecular flexibility index (Phi) is 3.98. The van der Waals surface area contributed by atoms with Gasteiger partial charge < -0.3 is 9.47 Å². The molecule has 0 aromatic heterocycles. The third kappa shape index (κ3) is 3.46. The van der Waals surface area contributed by atoms with Crippen molar-refractivity contribution in [1.82, 2.24) is 0 Å². The van der Waals surface area contributed by atoms with Crippen LogP contribution in [0, 0.1) is 5.92 Å². The van der Waals surface area contributed by atoms with E-state index in [2.05, 4.69) is 12.2 Å². The van der Waals surface area contributed by atoms with Crippen LogP contribution in [0.4, 0.5) is 10.5 Å². The van der Waals surface area contributed by atoms with Crippen LogP contribution < -0.4 is 5.32 Å². The molecular formula is C13H17NO3. The van der Waals surface area contributed by atoms with Crippen LogP contribution in [0.15, 0.2) is 24.3 Å². The molecule has 17 heavy (non-hydrogen) atoms. The van der Waals surface area contributed by atoms with E-state index in [9.17, 15) is 4.79 Å². The molecule has 1 aliphatic rings. The second-order valence-electron chi connectivity index (χ2n) is 4.18. The molecule has 1 aromatic carbocycles. The SMILES string of the molecule is CCc1cccc(NC(=O)OCC2COC2)c1. The normalized spacial score (nSPS) is 15.1. The number of nitrogens with one attached hydrogen (secondary N) is 1. The summed E-state index contributed by atoms with van der Waals surface area (Å²) in [7, 11) is 0. The van der Waals surface area contributed by atoms with E-state index in [1.165, 1.54) is 5.56 Å². The summed E-state index contributed by atoms with van der Waals surface area (Å²) in [6.07, 6.45) is 0.550. The summed E-state index contributed by atoms with van der Waals surface area (Å²) in [5.74, 6) is 0.364. The number of aryl methyl sites for hydroxylation is 1. The van der Waals surface area contributed by atoms with Crippen molar-refractivity contribution in [2.75, 3.05) is 25.1 Å². The molecule has 0 unspecified atom stereocenters. The molecule has 1 fully saturated rings. The van der Waals surface area contributed by atoms with Gasteiger partial charge in [-0.15, -0.1) is 0 Å². The summed E-state index contributed by atoms with van der Waals surface area (Å²) >= 11 is 0. The van der Waals surface area contributed by atoms with Gasteiger partial charge in [0, 0.05) is 11.6 Å². The number of hydrogen-bond donors (Lipinski definition) is 1. The van der Waals surface area contributed by atoms with Gasteiger partial charge in [0.05, 0.1) is 13.2 Å². The minimum Gasteiger partial charge on any atom is -0.449 e. The highest BCUT2D eigenvalue weighted by atomic mass is 16.6. The van der Waals surface area contributed by atoms with Gasteiger partial charge in [-0.25, -0.2) is 4.79 Å². The highest BCUT2D eigenvalue weighted by molar-refractivity contribution is 5.84. The molecule has 1 aliphatic heterocycles. The number of carbonyl (C=O) groups is 1. The summed E-state index contributed by atoms with van der Waals surface area (Å²) in [4.78, 5) is 11.5. The summed E-state index contributed by atoms with van der Waals surface area (Å²) in [6.45, 7) is 3.89. The van der Waals surface area contributed by atoms with E-state index >= 15 is 0 Å². The lowest BCUT2D eigenvalue weighted by Gasteiger charge is -2.25. The molecule has 92 valence electrons. The number of anilines is 1. The van der Waals surface area contributed by atoms with Crippen LogP contribution in [0.25, 0.3) is 0 Å². The first-order chi connectivity index (χ1) is 8.28. The van der Waals surface area contributed by atoms with Crippen LogP contribution in [0.5, 0.6) is 0 Å². The molecule has 4 heteroatoms. The maximum absolute atomic E-state index is 11.5. The molecule has 1 saturated heterocycles. The lowest BCUT2D eigenvalue weighted by Crippen LogP contribution is -2.33. The van der Waals surface area contributed by atoms with Crippen LogP contribution in [-0.4, -0.2) is 25.9 Å². The number of rotatable bonds is 4. The Morgan fingerprint density at radius 3 is 3.00 bits per heavy atom. The summed E-state index contributed by atoms with van der Waals surface area (Å²) in [5, 5.41) is 2.72. The van der Waals surface area contributed by atoms with Gasteiger partial charge in [-0.3, -0.25) is 5.32 Å². The molecule has 0 aliphatic carbocycles. The zero-order valence-corrected chi connectivity index (χ0v) is 9.94. The average molecular weight is 235 g/mol. The first kappa shape index (κ1) is 11.9. The number of hydrogen-bond acceptors (Lipinski definition) is 3. The molecule has 0 spiro atoms. The standard InChI is InChI=1S/C13H17NO3/c1-2-10-4-3-5-12(6-10)14-13(15)17-9-11-7-16-8-11/h3-6,11H,2,7-9H2,1H3,(H,14,15). The average Bonchev–Trinajstić information content (AvgIpc) is 2.27. The Labute approximate surface area is 101 Å². The topological polar surface area (TPSA) is 47.6 Å². The fraction of sp³-hybridized carbons (Fsp3) is 0.462. The number of benzene rings is 1. The molecule has 2 rings (SSSR count). The minimum atomic E-state index is -0.398. The molecular weight excluding hydrogens is 218 g/mol. The molecule has 0 bridgehead atoms. The van der Waals surface area contributed by atoms with Crippen molar-refractivity contribution in [3.63, 3.8) is 0 Å². The van der Waals surface area contributed by atoms with E-state index in [1.807, 2.05) is 24.3 Å². The van der Waals surface area contributed by atoms with Gasteiger partial charge in [-0.05, 0) is 24.1 Å². The van der Waals surface area contributed by atoms with Gasteiger partial charge in [0.25, 0.3) is 0 Å². The molecule has 1 heterocycles. The van der Waals surface area contributed by atoms with Crippen LogP contribution in [0.1, 0.15) is 12.5 Å². The van der Waals surface area contributed by atoms with E-state index in [4.69, 9.17) is 9.47 Å². The van der Waals surface area contributed by atoms with Crippen LogP contribution in [-0.2, 0) is 15.9 Å². The molecule has 1 amide bonds. The van der Waals surface area contributed by atoms with Crippen LogP contribution in [0.2, 0.25) is 0 Å². The minimum absolute atomic E-state index is 0.364. The van der Waals surface area contributed by atoms with E-state index < -0.39 is 6.09 Å². The fourth-order valence-electron chi connectivity index (χ4n) is 1.60. The first-order valence-corrected chi connectivity index (χ1v) is 5.88. The van der Waals surface area contributed by atoms with E-state index in [0.717, 1.165) is 12.1 Å². The highest BCUT2D eigenvalue weighted by Gasteiger charge is 2.20. The molecule has 0 radical (unpaired) electrons. The van der Waals surface area contributed by atoms with Crippen LogP contribution in [0.3, 0.4) is 0 Å². The summed E-state index contributed by atoms with van der Waals surface area (Å²) < 4.78 is 10.1. The van der Waals surface area contributed by atoms with E-state index in [0.29, 0.717) is 25.7 Å². The van der Waals surface area contributed by atoms with E-state index in [1.54, 1.807) is 0 Å². The molecule has 0 atom stereocenters. The predicted molar refractivity (Wildman–Crippen MR) is 65.1 cm³/mol. The second kappa shape index (κ2) is 5.68. The Bertz CT molecular complexity index is 388. The summed E-state index contributed by atoms with van der Waals surface area (Å²) in [5.41, 5.74) is 1.97. The smallest absolute Gasteiger partial charge is 0.411 e. The van der Waals surface area contributed by atoms with Crippen molar-refractivity contribution in [2.45, 2.75) is 13.3 Å². The third-order valence-corrected chi connectivity index (χ3v) is 2.74. The first-order valence-electron chi connectivity index (χ1n) is 5.88. The Hall–Kier alpha value is -1.55. The molecule has 1 aromatic rings. The maximum Gasteiger partial charge on any atom is 0.411 e. The highest BCUT2D eigenvalue weighted by Crippen LogP contribution is 2.13. The number of ether oxygens (including phenoxy) is 2. The van der Waals surface area contributed by atoms with Gasteiger partial charge in [-0.1, -0.05) is 19.1 Å². The Morgan fingerprint density at radius 2 is 2.35 bits per heavy atom. The Morgan fingerprint density at radius 1 is 1.53 bits per heavy atom. The third-order valence-electron chi connectivity index (χ3n) is 2.74. The fourth-order valence-corrected chi connectivity index (χ4v) is 1.60. The largest absolute Gasteiger partial charge is 0.449 e. The van der Waals surface area contributed by atoms with Crippen molar-refractivity contribution >= 4 is 11.8 Å². The van der Waals surface area contributed by atoms with E-state index in [-0.39, 0.29) is 0 Å². The molecule has 1 N–H and O–H groups in total. The summed E-state index contributed by atoms with van der Waals surface area (Å²) in [6, 6.07) is 7.76. The van der Waals surface area contributed by atoms with Gasteiger partial charge in [0.15, 0.2) is 0 Å². The molecule has 0 saturated carbocycles. The van der Waals surface area contributed by atoms with Crippen molar-refractivity contribution in [1.29, 1.82) is 0 Å². The zero-order valence-electron chi connectivity index (χ0n) is 9.94. The van der Waals surface area contributed by atoms with Crippen LogP contribution >= 0.6 is 0 Å². The predicted octanol–water partition coefficient (Wildman–Crippen LogP) is 2.44. The van der Waals surface area contributed by atoms with Crippen molar-refractivity contribution in [3.05, 3.63) is 29.8 Å². The monoisotopic (exact) mass is 235 g/mol. The number of amides is 1. The maximum atomic E-state index is 11.5. The lowest BCUT2D eigenvalue weighted by atomic mass is 10.1. The van der Waals surface area contributed by atoms with Crippen molar-refractivity contribution < 1.29 is 14.3 Å². The van der Waals surface area contributed by atoms with Crippen molar-refractivity contribution in [3.8, 4) is 0 Å².